The van der Waals surface area contributed by atoms with Gasteiger partial charge in [0.05, 0.1) is 5.25 Å². The van der Waals surface area contributed by atoms with E-state index < -0.39 is 89.2 Å². The van der Waals surface area contributed by atoms with E-state index in [9.17, 15) is 39.2 Å². The summed E-state index contributed by atoms with van der Waals surface area (Å²) in [5.41, 5.74) is -1.84. The Morgan fingerprint density at radius 2 is 1.64 bits per heavy atom. The third kappa shape index (κ3) is 2.58. The number of hydrogen-bond donors (Lipinski definition) is 1. The maximum absolute atomic E-state index is 14.1. The highest BCUT2D eigenvalue weighted by molar-refractivity contribution is 7.87. The van der Waals surface area contributed by atoms with Gasteiger partial charge in [0.25, 0.3) is 10.1 Å². The van der Waals surface area contributed by atoms with Crippen LogP contribution in [0.25, 0.3) is 0 Å². The van der Waals surface area contributed by atoms with Crippen LogP contribution in [0.15, 0.2) is 4.90 Å². The molecule has 4 rings (SSSR count). The fourth-order valence-corrected chi connectivity index (χ4v) is 6.76. The van der Waals surface area contributed by atoms with Gasteiger partial charge in [0.2, 0.25) is 0 Å². The molecule has 1 saturated heterocycles. The standard InChI is InChI=1S/C14H10F4O8S2/c15-7-6(8(16)10(18)13(9(7)17)27(20,21)22)14(19)25-11-3-1-4-5(2-3)28(23,24)26-12(4)11/h3-5,11-12H,1-2H2,(H,20,21,22). The molecule has 1 aromatic rings. The Hall–Kier alpha value is -1.77. The maximum Gasteiger partial charge on any atom is 0.344 e. The third-order valence-corrected chi connectivity index (χ3v) is 7.99. The number of rotatable bonds is 3. The van der Waals surface area contributed by atoms with Gasteiger partial charge in [-0.3, -0.25) is 8.74 Å². The number of esters is 1. The molecule has 5 unspecified atom stereocenters. The van der Waals surface area contributed by atoms with Crippen LogP contribution in [0.4, 0.5) is 17.6 Å². The summed E-state index contributed by atoms with van der Waals surface area (Å²) >= 11 is 0. The van der Waals surface area contributed by atoms with Crippen LogP contribution in [0.1, 0.15) is 23.2 Å². The molecule has 0 radical (unpaired) electrons. The fourth-order valence-electron chi connectivity index (χ4n) is 4.24. The minimum atomic E-state index is -5.67. The summed E-state index contributed by atoms with van der Waals surface area (Å²) in [5, 5.41) is -0.769. The minimum Gasteiger partial charge on any atom is -0.455 e. The van der Waals surface area contributed by atoms with E-state index in [1.165, 1.54) is 0 Å². The molecule has 1 N–H and O–H groups in total. The summed E-state index contributed by atoms with van der Waals surface area (Å²) in [5.74, 6) is -12.6. The van der Waals surface area contributed by atoms with Crippen molar-refractivity contribution < 1.29 is 52.7 Å². The zero-order valence-electron chi connectivity index (χ0n) is 13.4. The Balaban J connectivity index is 1.69. The molecular weight excluding hydrogens is 436 g/mol. The second-order valence-corrected chi connectivity index (χ2v) is 9.93. The first-order valence-corrected chi connectivity index (χ1v) is 10.7. The first kappa shape index (κ1) is 19.5. The molecule has 28 heavy (non-hydrogen) atoms. The van der Waals surface area contributed by atoms with Gasteiger partial charge in [0.1, 0.15) is 17.8 Å². The average Bonchev–Trinajstić information content (AvgIpc) is 3.16. The molecule has 0 amide bonds. The molecule has 0 aromatic heterocycles. The molecule has 0 spiro atoms. The predicted molar refractivity (Wildman–Crippen MR) is 79.1 cm³/mol. The van der Waals surface area contributed by atoms with Gasteiger partial charge in [-0.1, -0.05) is 0 Å². The van der Waals surface area contributed by atoms with Crippen molar-refractivity contribution in [2.24, 2.45) is 11.8 Å². The summed E-state index contributed by atoms with van der Waals surface area (Å²) in [7, 11) is -9.54. The van der Waals surface area contributed by atoms with Crippen LogP contribution in [0.2, 0.25) is 0 Å². The van der Waals surface area contributed by atoms with Gasteiger partial charge in [0.15, 0.2) is 28.2 Å². The highest BCUT2D eigenvalue weighted by Gasteiger charge is 2.65. The molecule has 3 aliphatic rings. The van der Waals surface area contributed by atoms with E-state index in [-0.39, 0.29) is 6.42 Å². The van der Waals surface area contributed by atoms with Crippen molar-refractivity contribution >= 4 is 26.2 Å². The van der Waals surface area contributed by atoms with E-state index in [4.69, 9.17) is 13.5 Å². The second-order valence-electron chi connectivity index (χ2n) is 6.79. The van der Waals surface area contributed by atoms with Crippen LogP contribution in [-0.4, -0.2) is 44.8 Å². The molecule has 1 aliphatic heterocycles. The van der Waals surface area contributed by atoms with Crippen molar-refractivity contribution in [2.45, 2.75) is 35.2 Å². The van der Waals surface area contributed by atoms with Gasteiger partial charge < -0.3 is 4.74 Å². The SMILES string of the molecule is O=C(OC1C2CC3C1OS(=O)(=O)C3C2)c1c(F)c(F)c(S(=O)(=O)O)c(F)c1F. The summed E-state index contributed by atoms with van der Waals surface area (Å²) in [6.07, 6.45) is -1.87. The Labute approximate surface area is 155 Å². The van der Waals surface area contributed by atoms with Crippen molar-refractivity contribution in [3.8, 4) is 0 Å². The molecule has 1 heterocycles. The van der Waals surface area contributed by atoms with Gasteiger partial charge in [-0.15, -0.1) is 0 Å². The molecular formula is C14H10F4O8S2. The van der Waals surface area contributed by atoms with E-state index in [1.54, 1.807) is 0 Å². The van der Waals surface area contributed by atoms with Crippen molar-refractivity contribution in [1.82, 2.24) is 0 Å². The van der Waals surface area contributed by atoms with Crippen molar-refractivity contribution in [3.05, 3.63) is 28.8 Å². The zero-order chi connectivity index (χ0) is 20.8. The smallest absolute Gasteiger partial charge is 0.344 e. The van der Waals surface area contributed by atoms with Crippen molar-refractivity contribution in [2.75, 3.05) is 0 Å². The van der Waals surface area contributed by atoms with E-state index in [2.05, 4.69) is 0 Å². The number of carbonyl (C=O) groups excluding carboxylic acids is 1. The Morgan fingerprint density at radius 3 is 2.18 bits per heavy atom. The number of halogens is 4. The lowest BCUT2D eigenvalue weighted by atomic mass is 9.94. The number of ether oxygens (including phenoxy) is 1. The maximum atomic E-state index is 14.1. The number of benzene rings is 1. The largest absolute Gasteiger partial charge is 0.455 e. The summed E-state index contributed by atoms with van der Waals surface area (Å²) in [6.45, 7) is 0. The summed E-state index contributed by atoms with van der Waals surface area (Å²) in [6, 6.07) is 0. The Morgan fingerprint density at radius 1 is 1.07 bits per heavy atom. The van der Waals surface area contributed by atoms with Gasteiger partial charge in [-0.25, -0.2) is 22.4 Å². The molecule has 14 heteroatoms. The van der Waals surface area contributed by atoms with Gasteiger partial charge in [-0.2, -0.15) is 16.8 Å². The molecule has 5 atom stereocenters. The van der Waals surface area contributed by atoms with Gasteiger partial charge in [0, 0.05) is 11.8 Å². The zero-order valence-corrected chi connectivity index (χ0v) is 15.1. The van der Waals surface area contributed by atoms with Crippen LogP contribution in [0.5, 0.6) is 0 Å². The minimum absolute atomic E-state index is 0.0941. The normalized spacial score (nSPS) is 32.7. The van der Waals surface area contributed by atoms with Crippen LogP contribution in [-0.2, 0) is 29.2 Å². The highest BCUT2D eigenvalue weighted by atomic mass is 32.2. The molecule has 2 aliphatic carbocycles. The van der Waals surface area contributed by atoms with Gasteiger partial charge >= 0.3 is 16.1 Å². The molecule has 154 valence electrons. The lowest BCUT2D eigenvalue weighted by molar-refractivity contribution is -0.0185. The quantitative estimate of drug-likeness (QED) is 0.241. The summed E-state index contributed by atoms with van der Waals surface area (Å²) < 4.78 is 120. The second kappa shape index (κ2) is 5.87. The molecule has 3 fully saturated rings. The van der Waals surface area contributed by atoms with Gasteiger partial charge in [-0.05, 0) is 12.8 Å². The third-order valence-electron chi connectivity index (χ3n) is 5.34. The van der Waals surface area contributed by atoms with Crippen LogP contribution in [0.3, 0.4) is 0 Å². The monoisotopic (exact) mass is 446 g/mol. The molecule has 2 bridgehead atoms. The van der Waals surface area contributed by atoms with E-state index in [0.29, 0.717) is 6.42 Å². The number of carbonyl (C=O) groups is 1. The van der Waals surface area contributed by atoms with E-state index in [1.807, 2.05) is 0 Å². The Bertz CT molecular complexity index is 1090. The fraction of sp³-hybridized carbons (Fsp3) is 0.500. The van der Waals surface area contributed by atoms with Crippen LogP contribution >= 0.6 is 0 Å². The Kier molecular flexibility index (Phi) is 4.10. The highest BCUT2D eigenvalue weighted by Crippen LogP contribution is 2.55. The molecule has 8 nitrogen and oxygen atoms in total. The van der Waals surface area contributed by atoms with E-state index in [0.717, 1.165) is 0 Å². The van der Waals surface area contributed by atoms with Crippen LogP contribution in [0, 0.1) is 35.1 Å². The first-order chi connectivity index (χ1) is 12.8. The molecule has 2 saturated carbocycles. The molecule has 1 aromatic carbocycles. The average molecular weight is 446 g/mol. The lowest BCUT2D eigenvalue weighted by Gasteiger charge is -2.25. The first-order valence-electron chi connectivity index (χ1n) is 7.81. The number of fused-ring (bicyclic) bond motifs is 1. The lowest BCUT2D eigenvalue weighted by Crippen LogP contribution is -2.37. The predicted octanol–water partition coefficient (Wildman–Crippen LogP) is 1.15. The van der Waals surface area contributed by atoms with Crippen LogP contribution < -0.4 is 0 Å². The van der Waals surface area contributed by atoms with Crippen molar-refractivity contribution in [1.29, 1.82) is 0 Å². The topological polar surface area (TPSA) is 124 Å². The summed E-state index contributed by atoms with van der Waals surface area (Å²) in [4.78, 5) is 9.88. The van der Waals surface area contributed by atoms with Crippen molar-refractivity contribution in [3.63, 3.8) is 0 Å². The number of hydrogen-bond acceptors (Lipinski definition) is 7. The van der Waals surface area contributed by atoms with E-state index >= 15 is 0 Å².